The fraction of sp³-hybridized carbons (Fsp3) is 0.176. The van der Waals surface area contributed by atoms with Crippen molar-refractivity contribution in [1.29, 1.82) is 0 Å². The first kappa shape index (κ1) is 17.1. The number of allylic oxidation sites excluding steroid dienone is 1. The van der Waals surface area contributed by atoms with Gasteiger partial charge in [0.2, 0.25) is 0 Å². The van der Waals surface area contributed by atoms with Crippen LogP contribution in [0.5, 0.6) is 0 Å². The molecule has 0 aliphatic heterocycles. The van der Waals surface area contributed by atoms with Gasteiger partial charge >= 0.3 is 0 Å². The number of thioether (sulfide) groups is 1. The highest BCUT2D eigenvalue weighted by Crippen LogP contribution is 2.29. The summed E-state index contributed by atoms with van der Waals surface area (Å²) in [6.07, 6.45) is 1.40. The number of benzene rings is 1. The Balaban J connectivity index is 2.23. The molecule has 23 heavy (non-hydrogen) atoms. The Morgan fingerprint density at radius 2 is 1.65 bits per heavy atom. The van der Waals surface area contributed by atoms with Gasteiger partial charge in [-0.05, 0) is 44.2 Å². The van der Waals surface area contributed by atoms with Gasteiger partial charge in [0.15, 0.2) is 11.6 Å². The van der Waals surface area contributed by atoms with Gasteiger partial charge in [-0.2, -0.15) is 8.78 Å². The van der Waals surface area contributed by atoms with Crippen LogP contribution in [-0.2, 0) is 9.59 Å². The average molecular weight is 336 g/mol. The van der Waals surface area contributed by atoms with Gasteiger partial charge < -0.3 is 4.42 Å². The Morgan fingerprint density at radius 1 is 1.04 bits per heavy atom. The minimum absolute atomic E-state index is 0.0644. The van der Waals surface area contributed by atoms with E-state index in [9.17, 15) is 18.4 Å². The number of furan rings is 1. The summed E-state index contributed by atoms with van der Waals surface area (Å²) < 4.78 is 30.1. The topological polar surface area (TPSA) is 47.3 Å². The van der Waals surface area contributed by atoms with Crippen molar-refractivity contribution in [2.75, 3.05) is 0 Å². The highest BCUT2D eigenvalue weighted by atomic mass is 32.2. The standard InChI is InChI=1S/C17H14F2O3S/c1-10(20)15(11(2)21)9-13-5-8-16(22-13)12-3-6-14(7-4-12)23-17(18)19/h3-9,17H,1-2H3. The van der Waals surface area contributed by atoms with Gasteiger partial charge in [-0.25, -0.2) is 0 Å². The smallest absolute Gasteiger partial charge is 0.288 e. The first-order valence-corrected chi connectivity index (χ1v) is 7.63. The number of hydrogen-bond acceptors (Lipinski definition) is 4. The Morgan fingerprint density at radius 3 is 2.17 bits per heavy atom. The molecule has 0 spiro atoms. The molecule has 0 amide bonds. The molecular formula is C17H14F2O3S. The molecule has 0 N–H and O–H groups in total. The van der Waals surface area contributed by atoms with E-state index in [0.29, 0.717) is 28.2 Å². The van der Waals surface area contributed by atoms with Crippen molar-refractivity contribution in [3.8, 4) is 11.3 Å². The van der Waals surface area contributed by atoms with E-state index >= 15 is 0 Å². The Bertz CT molecular complexity index is 729. The highest BCUT2D eigenvalue weighted by molar-refractivity contribution is 7.99. The maximum atomic E-state index is 12.3. The van der Waals surface area contributed by atoms with Crippen LogP contribution in [0.15, 0.2) is 51.3 Å². The zero-order valence-electron chi connectivity index (χ0n) is 12.5. The molecule has 0 unspecified atom stereocenters. The van der Waals surface area contributed by atoms with Crippen molar-refractivity contribution in [1.82, 2.24) is 0 Å². The van der Waals surface area contributed by atoms with E-state index in [1.165, 1.54) is 19.9 Å². The van der Waals surface area contributed by atoms with Crippen LogP contribution in [0.2, 0.25) is 0 Å². The van der Waals surface area contributed by atoms with Gasteiger partial charge in [-0.15, -0.1) is 0 Å². The summed E-state index contributed by atoms with van der Waals surface area (Å²) in [5, 5.41) is 0. The van der Waals surface area contributed by atoms with E-state index < -0.39 is 5.76 Å². The summed E-state index contributed by atoms with van der Waals surface area (Å²) in [6, 6.07) is 9.85. The van der Waals surface area contributed by atoms with Crippen molar-refractivity contribution in [3.05, 3.63) is 47.7 Å². The molecule has 2 rings (SSSR count). The van der Waals surface area contributed by atoms with Gasteiger partial charge in [-0.1, -0.05) is 23.9 Å². The molecule has 1 aromatic heterocycles. The third kappa shape index (κ3) is 4.63. The summed E-state index contributed by atoms with van der Waals surface area (Å²) in [5.74, 6) is -2.21. The monoisotopic (exact) mass is 336 g/mol. The number of ketones is 2. The molecule has 0 aliphatic rings. The fourth-order valence-corrected chi connectivity index (χ4v) is 2.48. The molecular weight excluding hydrogens is 322 g/mol. The zero-order chi connectivity index (χ0) is 17.0. The molecule has 1 aromatic carbocycles. The molecule has 0 saturated carbocycles. The summed E-state index contributed by atoms with van der Waals surface area (Å²) >= 11 is 0.474. The number of hydrogen-bond donors (Lipinski definition) is 0. The Hall–Kier alpha value is -2.21. The van der Waals surface area contributed by atoms with Gasteiger partial charge in [0.05, 0.1) is 5.57 Å². The number of Topliss-reactive ketones (excluding diaryl/α,β-unsaturated/α-hetero) is 2. The molecule has 120 valence electrons. The quantitative estimate of drug-likeness (QED) is 0.328. The van der Waals surface area contributed by atoms with Gasteiger partial charge in [-0.3, -0.25) is 9.59 Å². The molecule has 0 aliphatic carbocycles. The van der Waals surface area contributed by atoms with Gasteiger partial charge in [0.1, 0.15) is 11.5 Å². The largest absolute Gasteiger partial charge is 0.457 e. The molecule has 0 bridgehead atoms. The lowest BCUT2D eigenvalue weighted by Crippen LogP contribution is -2.05. The maximum absolute atomic E-state index is 12.3. The van der Waals surface area contributed by atoms with E-state index in [1.54, 1.807) is 36.4 Å². The van der Waals surface area contributed by atoms with E-state index in [2.05, 4.69) is 0 Å². The first-order chi connectivity index (χ1) is 10.9. The average Bonchev–Trinajstić information content (AvgIpc) is 2.93. The van der Waals surface area contributed by atoms with Crippen molar-refractivity contribution < 1.29 is 22.8 Å². The van der Waals surface area contributed by atoms with E-state index in [0.717, 1.165) is 5.56 Å². The summed E-state index contributed by atoms with van der Waals surface area (Å²) in [6.45, 7) is 2.63. The van der Waals surface area contributed by atoms with Crippen LogP contribution in [0.1, 0.15) is 19.6 Å². The summed E-state index contributed by atoms with van der Waals surface area (Å²) in [7, 11) is 0. The lowest BCUT2D eigenvalue weighted by molar-refractivity contribution is -0.119. The van der Waals surface area contributed by atoms with E-state index in [1.807, 2.05) is 0 Å². The SMILES string of the molecule is CC(=O)C(=Cc1ccc(-c2ccc(SC(F)F)cc2)o1)C(C)=O. The maximum Gasteiger partial charge on any atom is 0.288 e. The Labute approximate surface area is 136 Å². The van der Waals surface area contributed by atoms with E-state index in [-0.39, 0.29) is 17.1 Å². The number of rotatable bonds is 6. The highest BCUT2D eigenvalue weighted by Gasteiger charge is 2.12. The van der Waals surface area contributed by atoms with Crippen LogP contribution in [-0.4, -0.2) is 17.3 Å². The van der Waals surface area contributed by atoms with Crippen molar-refractivity contribution in [2.45, 2.75) is 24.5 Å². The molecule has 6 heteroatoms. The van der Waals surface area contributed by atoms with Crippen molar-refractivity contribution in [3.63, 3.8) is 0 Å². The zero-order valence-corrected chi connectivity index (χ0v) is 13.3. The molecule has 1 heterocycles. The second-order valence-electron chi connectivity index (χ2n) is 4.78. The second-order valence-corrected chi connectivity index (χ2v) is 5.84. The van der Waals surface area contributed by atoms with Gasteiger partial charge in [0.25, 0.3) is 5.76 Å². The van der Waals surface area contributed by atoms with Crippen LogP contribution in [0.4, 0.5) is 8.78 Å². The molecule has 0 fully saturated rings. The number of carbonyl (C=O) groups is 2. The number of alkyl halides is 2. The van der Waals surface area contributed by atoms with Crippen LogP contribution < -0.4 is 0 Å². The van der Waals surface area contributed by atoms with Crippen LogP contribution >= 0.6 is 11.8 Å². The molecule has 2 aromatic rings. The second kappa shape index (κ2) is 7.37. The lowest BCUT2D eigenvalue weighted by atomic mass is 10.1. The number of carbonyl (C=O) groups excluding carboxylic acids is 2. The molecule has 0 radical (unpaired) electrons. The van der Waals surface area contributed by atoms with Crippen LogP contribution in [0.25, 0.3) is 17.4 Å². The fourth-order valence-electron chi connectivity index (χ4n) is 1.98. The minimum atomic E-state index is -2.46. The third-order valence-corrected chi connectivity index (χ3v) is 3.76. The molecule has 0 saturated heterocycles. The predicted molar refractivity (Wildman–Crippen MR) is 85.3 cm³/mol. The first-order valence-electron chi connectivity index (χ1n) is 6.75. The predicted octanol–water partition coefficient (Wildman–Crippen LogP) is 4.82. The normalized spacial score (nSPS) is 10.7. The number of halogens is 2. The molecule has 3 nitrogen and oxygen atoms in total. The molecule has 0 atom stereocenters. The van der Waals surface area contributed by atoms with Gasteiger partial charge in [0, 0.05) is 10.5 Å². The van der Waals surface area contributed by atoms with E-state index in [4.69, 9.17) is 4.42 Å². The summed E-state index contributed by atoms with van der Waals surface area (Å²) in [5.41, 5.74) is 0.782. The van der Waals surface area contributed by atoms with Crippen molar-refractivity contribution >= 4 is 29.4 Å². The lowest BCUT2D eigenvalue weighted by Gasteiger charge is -2.01. The van der Waals surface area contributed by atoms with Crippen LogP contribution in [0.3, 0.4) is 0 Å². The van der Waals surface area contributed by atoms with Crippen molar-refractivity contribution in [2.24, 2.45) is 0 Å². The Kier molecular flexibility index (Phi) is 5.50. The minimum Gasteiger partial charge on any atom is -0.457 e. The summed E-state index contributed by atoms with van der Waals surface area (Å²) in [4.78, 5) is 23.3. The van der Waals surface area contributed by atoms with Crippen LogP contribution in [0, 0.1) is 0 Å². The third-order valence-electron chi connectivity index (χ3n) is 3.04.